The molecule has 2 aromatic heterocycles. The van der Waals surface area contributed by atoms with Crippen molar-refractivity contribution in [1.82, 2.24) is 15.0 Å². The molecule has 1 aliphatic carbocycles. The summed E-state index contributed by atoms with van der Waals surface area (Å²) in [5, 5.41) is 13.8. The van der Waals surface area contributed by atoms with Crippen molar-refractivity contribution in [2.45, 2.75) is 44.9 Å². The fraction of sp³-hybridized carbons (Fsp3) is 0.611. The predicted octanol–water partition coefficient (Wildman–Crippen LogP) is 2.26. The van der Waals surface area contributed by atoms with Crippen LogP contribution >= 0.6 is 0 Å². The number of pyridine rings is 1. The summed E-state index contributed by atoms with van der Waals surface area (Å²) in [4.78, 5) is 7.52. The van der Waals surface area contributed by atoms with Crippen LogP contribution in [-0.2, 0) is 16.4 Å². The highest BCUT2D eigenvalue weighted by atomic mass is 32.2. The highest BCUT2D eigenvalue weighted by molar-refractivity contribution is 7.90. The van der Waals surface area contributed by atoms with E-state index in [9.17, 15) is 13.5 Å². The van der Waals surface area contributed by atoms with Crippen molar-refractivity contribution in [3.63, 3.8) is 0 Å². The molecule has 1 saturated carbocycles. The second kappa shape index (κ2) is 6.83. The van der Waals surface area contributed by atoms with Gasteiger partial charge in [-0.05, 0) is 31.2 Å². The monoisotopic (exact) mass is 378 g/mol. The van der Waals surface area contributed by atoms with Crippen LogP contribution in [0.25, 0.3) is 11.0 Å². The number of hydrogen-bond acceptors (Lipinski definition) is 6. The molecule has 7 nitrogen and oxygen atoms in total. The SMILES string of the molecule is CS(=O)(=O)CCC1CCC(C(O)N2Cc3c(cnc4[nH]ccc34)N2)CC1. The molecule has 2 aromatic rings. The normalized spacial score (nSPS) is 25.2. The zero-order valence-corrected chi connectivity index (χ0v) is 15.8. The van der Waals surface area contributed by atoms with Gasteiger partial charge in [0, 0.05) is 35.9 Å². The summed E-state index contributed by atoms with van der Waals surface area (Å²) in [6.45, 7) is 0.654. The van der Waals surface area contributed by atoms with E-state index < -0.39 is 16.1 Å². The van der Waals surface area contributed by atoms with Gasteiger partial charge in [0.2, 0.25) is 0 Å². The lowest BCUT2D eigenvalue weighted by Gasteiger charge is -2.35. The minimum absolute atomic E-state index is 0.209. The quantitative estimate of drug-likeness (QED) is 0.738. The molecule has 0 amide bonds. The molecule has 0 bridgehead atoms. The van der Waals surface area contributed by atoms with Gasteiger partial charge in [-0.2, -0.15) is 5.01 Å². The Morgan fingerprint density at radius 3 is 2.85 bits per heavy atom. The summed E-state index contributed by atoms with van der Waals surface area (Å²) >= 11 is 0. The number of anilines is 1. The van der Waals surface area contributed by atoms with E-state index in [1.165, 1.54) is 6.26 Å². The first kappa shape index (κ1) is 17.8. The van der Waals surface area contributed by atoms with E-state index in [-0.39, 0.29) is 11.7 Å². The Balaban J connectivity index is 1.35. The van der Waals surface area contributed by atoms with Crippen LogP contribution in [0.15, 0.2) is 18.5 Å². The van der Waals surface area contributed by atoms with Crippen LogP contribution in [0.1, 0.15) is 37.7 Å². The van der Waals surface area contributed by atoms with Crippen LogP contribution in [0, 0.1) is 11.8 Å². The van der Waals surface area contributed by atoms with Crippen LogP contribution in [0.3, 0.4) is 0 Å². The summed E-state index contributed by atoms with van der Waals surface area (Å²) in [5.74, 6) is 0.939. The van der Waals surface area contributed by atoms with Crippen molar-refractivity contribution < 1.29 is 13.5 Å². The summed E-state index contributed by atoms with van der Waals surface area (Å²) in [5.41, 5.74) is 6.29. The summed E-state index contributed by atoms with van der Waals surface area (Å²) < 4.78 is 22.7. The molecular formula is C18H26N4O3S. The van der Waals surface area contributed by atoms with E-state index in [0.717, 1.165) is 54.4 Å². The van der Waals surface area contributed by atoms with Gasteiger partial charge in [-0.15, -0.1) is 0 Å². The average molecular weight is 378 g/mol. The lowest BCUT2D eigenvalue weighted by Crippen LogP contribution is -2.42. The van der Waals surface area contributed by atoms with Gasteiger partial charge in [-0.25, -0.2) is 13.4 Å². The van der Waals surface area contributed by atoms with Crippen molar-refractivity contribution in [2.24, 2.45) is 11.8 Å². The molecular weight excluding hydrogens is 352 g/mol. The Bertz CT molecular complexity index is 887. The van der Waals surface area contributed by atoms with Gasteiger partial charge in [0.15, 0.2) is 0 Å². The van der Waals surface area contributed by atoms with E-state index >= 15 is 0 Å². The number of aromatic nitrogens is 2. The number of H-pyrrole nitrogens is 1. The van der Waals surface area contributed by atoms with Crippen LogP contribution in [0.2, 0.25) is 0 Å². The molecule has 3 heterocycles. The molecule has 26 heavy (non-hydrogen) atoms. The molecule has 2 aliphatic rings. The number of aromatic amines is 1. The number of aliphatic hydroxyl groups is 1. The smallest absolute Gasteiger partial charge is 0.147 e. The lowest BCUT2D eigenvalue weighted by atomic mass is 9.80. The standard InChI is InChI=1S/C18H26N4O3S/c1-26(24,25)9-7-12-2-4-13(5-3-12)18(23)22-11-15-14-6-8-19-17(14)20-10-16(15)21-22/h6,8,10,12-13,18,21,23H,2-5,7,9,11H2,1H3,(H,19,20). The zero-order valence-electron chi connectivity index (χ0n) is 15.0. The van der Waals surface area contributed by atoms with Gasteiger partial charge in [-0.1, -0.05) is 12.8 Å². The summed E-state index contributed by atoms with van der Waals surface area (Å²) in [7, 11) is -2.89. The first-order chi connectivity index (χ1) is 12.4. The topological polar surface area (TPSA) is 98.3 Å². The third kappa shape index (κ3) is 3.58. The molecule has 142 valence electrons. The molecule has 0 saturated heterocycles. The van der Waals surface area contributed by atoms with Crippen LogP contribution in [0.4, 0.5) is 5.69 Å². The molecule has 1 aliphatic heterocycles. The van der Waals surface area contributed by atoms with Crippen molar-refractivity contribution in [3.05, 3.63) is 24.0 Å². The van der Waals surface area contributed by atoms with E-state index in [4.69, 9.17) is 0 Å². The number of fused-ring (bicyclic) bond motifs is 3. The molecule has 1 atom stereocenters. The Hall–Kier alpha value is -1.64. The number of hydrogen-bond donors (Lipinski definition) is 3. The first-order valence-electron chi connectivity index (χ1n) is 9.25. The van der Waals surface area contributed by atoms with Gasteiger partial charge < -0.3 is 15.5 Å². The maximum Gasteiger partial charge on any atom is 0.147 e. The number of sulfone groups is 1. The van der Waals surface area contributed by atoms with E-state index in [1.807, 2.05) is 23.5 Å². The molecule has 3 N–H and O–H groups in total. The average Bonchev–Trinajstić information content (AvgIpc) is 3.25. The van der Waals surface area contributed by atoms with Crippen molar-refractivity contribution in [1.29, 1.82) is 0 Å². The molecule has 4 rings (SSSR count). The number of aliphatic hydroxyl groups excluding tert-OH is 1. The number of hydrazine groups is 1. The van der Waals surface area contributed by atoms with E-state index in [1.54, 1.807) is 0 Å². The summed E-state index contributed by atoms with van der Waals surface area (Å²) in [6, 6.07) is 2.02. The first-order valence-corrected chi connectivity index (χ1v) is 11.3. The molecule has 1 unspecified atom stereocenters. The molecule has 8 heteroatoms. The number of nitrogens with one attached hydrogen (secondary N) is 2. The molecule has 1 fully saturated rings. The molecule has 0 aromatic carbocycles. The Labute approximate surface area is 153 Å². The minimum Gasteiger partial charge on any atom is -0.376 e. The van der Waals surface area contributed by atoms with Gasteiger partial charge in [-0.3, -0.25) is 0 Å². The number of rotatable bonds is 5. The maximum atomic E-state index is 11.3. The fourth-order valence-corrected chi connectivity index (χ4v) is 5.03. The Morgan fingerprint density at radius 1 is 1.35 bits per heavy atom. The van der Waals surface area contributed by atoms with Crippen molar-refractivity contribution >= 4 is 26.6 Å². The van der Waals surface area contributed by atoms with Gasteiger partial charge in [0.1, 0.15) is 21.7 Å². The fourth-order valence-electron chi connectivity index (χ4n) is 4.26. The second-order valence-electron chi connectivity index (χ2n) is 7.74. The largest absolute Gasteiger partial charge is 0.376 e. The molecule has 0 spiro atoms. The maximum absolute atomic E-state index is 11.3. The zero-order chi connectivity index (χ0) is 18.3. The van der Waals surface area contributed by atoms with Crippen LogP contribution in [-0.4, -0.2) is 46.7 Å². The van der Waals surface area contributed by atoms with Crippen LogP contribution in [0.5, 0.6) is 0 Å². The van der Waals surface area contributed by atoms with Crippen LogP contribution < -0.4 is 5.43 Å². The van der Waals surface area contributed by atoms with Gasteiger partial charge in [0.25, 0.3) is 0 Å². The number of nitrogens with zero attached hydrogens (tertiary/aromatic N) is 2. The third-order valence-electron chi connectivity index (χ3n) is 5.82. The lowest BCUT2D eigenvalue weighted by molar-refractivity contribution is -0.0414. The van der Waals surface area contributed by atoms with Gasteiger partial charge >= 0.3 is 0 Å². The second-order valence-corrected chi connectivity index (χ2v) is 10.0. The highest BCUT2D eigenvalue weighted by Crippen LogP contribution is 2.37. The Kier molecular flexibility index (Phi) is 4.66. The molecule has 0 radical (unpaired) electrons. The van der Waals surface area contributed by atoms with Gasteiger partial charge in [0.05, 0.1) is 17.6 Å². The Morgan fingerprint density at radius 2 is 2.12 bits per heavy atom. The summed E-state index contributed by atoms with van der Waals surface area (Å²) in [6.07, 6.45) is 9.03. The minimum atomic E-state index is -2.89. The van der Waals surface area contributed by atoms with Crippen molar-refractivity contribution in [2.75, 3.05) is 17.4 Å². The third-order valence-corrected chi connectivity index (χ3v) is 6.80. The van der Waals surface area contributed by atoms with Crippen molar-refractivity contribution in [3.8, 4) is 0 Å². The van der Waals surface area contributed by atoms with E-state index in [0.29, 0.717) is 12.5 Å². The van der Waals surface area contributed by atoms with E-state index in [2.05, 4.69) is 15.4 Å². The predicted molar refractivity (Wildman–Crippen MR) is 101 cm³/mol. The highest BCUT2D eigenvalue weighted by Gasteiger charge is 2.34.